The van der Waals surface area contributed by atoms with E-state index in [0.29, 0.717) is 23.4 Å². The molecule has 1 fully saturated rings. The van der Waals surface area contributed by atoms with Gasteiger partial charge in [0, 0.05) is 16.0 Å². The van der Waals surface area contributed by atoms with Gasteiger partial charge in [-0.2, -0.15) is 0 Å². The van der Waals surface area contributed by atoms with Crippen LogP contribution in [0.25, 0.3) is 10.1 Å². The zero-order chi connectivity index (χ0) is 26.6. The third-order valence-corrected chi connectivity index (χ3v) is 7.50. The zero-order valence-electron chi connectivity index (χ0n) is 20.1. The maximum atomic E-state index is 14.1. The lowest BCUT2D eigenvalue weighted by Crippen LogP contribution is -2.34. The van der Waals surface area contributed by atoms with E-state index < -0.39 is 35.2 Å². The molecule has 0 spiro atoms. The Kier molecular flexibility index (Phi) is 7.52. The number of benzene rings is 3. The number of carboxylic acids is 1. The van der Waals surface area contributed by atoms with Crippen LogP contribution >= 0.6 is 11.3 Å². The molecule has 196 valence electrons. The number of amides is 1. The van der Waals surface area contributed by atoms with E-state index in [4.69, 9.17) is 9.47 Å². The Hall–Kier alpha value is -4.02. The summed E-state index contributed by atoms with van der Waals surface area (Å²) in [6.45, 7) is 0.948. The lowest BCUT2D eigenvalue weighted by Gasteiger charge is -2.16. The number of carboxylic acid groups (broad SMARTS) is 1. The average molecular weight is 539 g/mol. The Morgan fingerprint density at radius 3 is 2.42 bits per heavy atom. The van der Waals surface area contributed by atoms with Crippen molar-refractivity contribution in [2.75, 3.05) is 25.1 Å². The number of hydrogen-bond donors (Lipinski definition) is 3. The fourth-order valence-corrected chi connectivity index (χ4v) is 5.58. The van der Waals surface area contributed by atoms with Crippen molar-refractivity contribution in [2.24, 2.45) is 0 Å². The standard InChI is InChI=1S/C28H24F2N2O5S/c29-20-5-3-6-21(30)24(20)32-27(33)26-25(19-4-1-2-7-22(19)38-26)37-15-14-36-17-10-8-16(9-11-17)18-12-13-31-23(18)28(34)35/h1-11,18,23,31H,12-15H2,(H,32,33)(H,34,35)/t18?,23-/m0/s1. The third kappa shape index (κ3) is 5.32. The van der Waals surface area contributed by atoms with E-state index in [-0.39, 0.29) is 24.0 Å². The largest absolute Gasteiger partial charge is 0.490 e. The predicted octanol–water partition coefficient (Wildman–Crippen LogP) is 5.42. The summed E-state index contributed by atoms with van der Waals surface area (Å²) in [5.41, 5.74) is 0.411. The molecule has 1 unspecified atom stereocenters. The summed E-state index contributed by atoms with van der Waals surface area (Å²) in [5.74, 6) is -2.47. The molecule has 0 radical (unpaired) electrons. The first kappa shape index (κ1) is 25.6. The Balaban J connectivity index is 1.25. The third-order valence-electron chi connectivity index (χ3n) is 6.35. The van der Waals surface area contributed by atoms with Gasteiger partial charge < -0.3 is 25.2 Å². The molecule has 1 aliphatic heterocycles. The lowest BCUT2D eigenvalue weighted by atomic mass is 9.92. The number of ether oxygens (including phenoxy) is 2. The summed E-state index contributed by atoms with van der Waals surface area (Å²) in [6.07, 6.45) is 0.749. The molecule has 0 saturated carbocycles. The van der Waals surface area contributed by atoms with Crippen molar-refractivity contribution >= 4 is 39.0 Å². The van der Waals surface area contributed by atoms with Crippen LogP contribution in [0.4, 0.5) is 14.5 Å². The average Bonchev–Trinajstić information content (AvgIpc) is 3.55. The number of nitrogens with one attached hydrogen (secondary N) is 2. The smallest absolute Gasteiger partial charge is 0.321 e. The summed E-state index contributed by atoms with van der Waals surface area (Å²) in [5, 5.41) is 15.4. The van der Waals surface area contributed by atoms with Gasteiger partial charge in [-0.1, -0.05) is 30.3 Å². The molecule has 0 bridgehead atoms. The topological polar surface area (TPSA) is 96.9 Å². The van der Waals surface area contributed by atoms with Gasteiger partial charge >= 0.3 is 5.97 Å². The van der Waals surface area contributed by atoms with E-state index in [1.54, 1.807) is 12.1 Å². The van der Waals surface area contributed by atoms with Crippen molar-refractivity contribution in [3.63, 3.8) is 0 Å². The number of aliphatic carboxylic acids is 1. The van der Waals surface area contributed by atoms with E-state index in [0.717, 1.165) is 40.2 Å². The van der Waals surface area contributed by atoms with Gasteiger partial charge in [-0.25, -0.2) is 8.78 Å². The van der Waals surface area contributed by atoms with Crippen LogP contribution in [-0.2, 0) is 4.79 Å². The van der Waals surface area contributed by atoms with Crippen LogP contribution in [0, 0.1) is 11.6 Å². The number of carbonyl (C=O) groups is 2. The van der Waals surface area contributed by atoms with Gasteiger partial charge in [-0.3, -0.25) is 9.59 Å². The molecule has 1 aliphatic rings. The highest BCUT2D eigenvalue weighted by Gasteiger charge is 2.33. The van der Waals surface area contributed by atoms with E-state index in [1.165, 1.54) is 6.07 Å². The highest BCUT2D eigenvalue weighted by atomic mass is 32.1. The van der Waals surface area contributed by atoms with Gasteiger partial charge in [0.2, 0.25) is 0 Å². The number of thiophene rings is 1. The summed E-state index contributed by atoms with van der Waals surface area (Å²) in [4.78, 5) is 24.6. The number of rotatable bonds is 9. The Bertz CT molecular complexity index is 1450. The Morgan fingerprint density at radius 2 is 1.68 bits per heavy atom. The van der Waals surface area contributed by atoms with Crippen molar-refractivity contribution in [3.8, 4) is 11.5 Å². The van der Waals surface area contributed by atoms with E-state index in [2.05, 4.69) is 10.6 Å². The van der Waals surface area contributed by atoms with Crippen molar-refractivity contribution in [3.05, 3.63) is 88.8 Å². The first-order valence-electron chi connectivity index (χ1n) is 12.0. The van der Waals surface area contributed by atoms with Crippen LogP contribution in [0.5, 0.6) is 11.5 Å². The van der Waals surface area contributed by atoms with Crippen molar-refractivity contribution in [1.29, 1.82) is 0 Å². The first-order valence-corrected chi connectivity index (χ1v) is 12.8. The normalized spacial score (nSPS) is 16.9. The number of para-hydroxylation sites is 1. The minimum atomic E-state index is -0.871. The Labute approximate surface area is 221 Å². The second-order valence-electron chi connectivity index (χ2n) is 8.74. The number of fused-ring (bicyclic) bond motifs is 1. The second-order valence-corrected chi connectivity index (χ2v) is 9.79. The van der Waals surface area contributed by atoms with Crippen LogP contribution in [0.1, 0.15) is 27.6 Å². The fraction of sp³-hybridized carbons (Fsp3) is 0.214. The molecule has 3 aromatic carbocycles. The minimum Gasteiger partial charge on any atom is -0.490 e. The molecular weight excluding hydrogens is 514 g/mol. The SMILES string of the molecule is O=C(Nc1c(F)cccc1F)c1sc2ccccc2c1OCCOc1ccc(C2CCN[C@@H]2C(=O)O)cc1. The maximum absolute atomic E-state index is 14.1. The zero-order valence-corrected chi connectivity index (χ0v) is 20.9. The number of halogens is 2. The van der Waals surface area contributed by atoms with Crippen molar-refractivity contribution in [2.45, 2.75) is 18.4 Å². The molecule has 10 heteroatoms. The highest BCUT2D eigenvalue weighted by Crippen LogP contribution is 2.38. The van der Waals surface area contributed by atoms with Gasteiger partial charge in [0.25, 0.3) is 5.91 Å². The molecule has 1 saturated heterocycles. The van der Waals surface area contributed by atoms with Gasteiger partial charge in [-0.15, -0.1) is 11.3 Å². The van der Waals surface area contributed by atoms with E-state index >= 15 is 0 Å². The molecule has 1 aromatic heterocycles. The summed E-state index contributed by atoms with van der Waals surface area (Å²) in [6, 6.07) is 17.3. The molecule has 3 N–H and O–H groups in total. The predicted molar refractivity (Wildman–Crippen MR) is 140 cm³/mol. The van der Waals surface area contributed by atoms with Gasteiger partial charge in [-0.05, 0) is 54.9 Å². The molecule has 7 nitrogen and oxygen atoms in total. The van der Waals surface area contributed by atoms with Crippen LogP contribution in [0.3, 0.4) is 0 Å². The summed E-state index contributed by atoms with van der Waals surface area (Å²) < 4.78 is 40.7. The number of anilines is 1. The van der Waals surface area contributed by atoms with Crippen molar-refractivity contribution in [1.82, 2.24) is 5.32 Å². The monoisotopic (exact) mass is 538 g/mol. The fourth-order valence-electron chi connectivity index (χ4n) is 4.54. The molecule has 5 rings (SSSR count). The van der Waals surface area contributed by atoms with Crippen LogP contribution in [0.2, 0.25) is 0 Å². The molecule has 2 heterocycles. The summed E-state index contributed by atoms with van der Waals surface area (Å²) >= 11 is 1.16. The molecule has 1 amide bonds. The van der Waals surface area contributed by atoms with Crippen molar-refractivity contribution < 1.29 is 33.0 Å². The lowest BCUT2D eigenvalue weighted by molar-refractivity contribution is -0.139. The molecule has 4 aromatic rings. The highest BCUT2D eigenvalue weighted by molar-refractivity contribution is 7.21. The van der Waals surface area contributed by atoms with E-state index in [9.17, 15) is 23.5 Å². The Morgan fingerprint density at radius 1 is 0.974 bits per heavy atom. The van der Waals surface area contributed by atoms with Gasteiger partial charge in [0.1, 0.15) is 47.2 Å². The number of carbonyl (C=O) groups excluding carboxylic acids is 1. The van der Waals surface area contributed by atoms with Gasteiger partial charge in [0.15, 0.2) is 5.75 Å². The molecule has 0 aliphatic carbocycles. The summed E-state index contributed by atoms with van der Waals surface area (Å²) in [7, 11) is 0. The molecule has 2 atom stereocenters. The van der Waals surface area contributed by atoms with E-state index in [1.807, 2.05) is 36.4 Å². The van der Waals surface area contributed by atoms with Crippen LogP contribution in [0.15, 0.2) is 66.7 Å². The molecule has 38 heavy (non-hydrogen) atoms. The maximum Gasteiger partial charge on any atom is 0.321 e. The second kappa shape index (κ2) is 11.2. The van der Waals surface area contributed by atoms with Gasteiger partial charge in [0.05, 0.1) is 0 Å². The first-order chi connectivity index (χ1) is 18.4. The molecular formula is C28H24F2N2O5S. The minimum absolute atomic E-state index is 0.0980. The number of hydrogen-bond acceptors (Lipinski definition) is 6. The van der Waals surface area contributed by atoms with Crippen LogP contribution < -0.4 is 20.1 Å². The quantitative estimate of drug-likeness (QED) is 0.246. The van der Waals surface area contributed by atoms with Crippen LogP contribution in [-0.4, -0.2) is 42.8 Å².